The normalized spacial score (nSPS) is 12.0. The van der Waals surface area contributed by atoms with Crippen molar-refractivity contribution in [2.45, 2.75) is 32.7 Å². The van der Waals surface area contributed by atoms with E-state index in [0.29, 0.717) is 0 Å². The van der Waals surface area contributed by atoms with Crippen molar-refractivity contribution in [1.29, 1.82) is 0 Å². The molecule has 0 aliphatic heterocycles. The van der Waals surface area contributed by atoms with Crippen LogP contribution in [0.4, 0.5) is 0 Å². The van der Waals surface area contributed by atoms with Crippen LogP contribution in [0.15, 0.2) is 6.20 Å². The molecule has 0 atom stereocenters. The number of rotatable bonds is 3. The lowest BCUT2D eigenvalue weighted by Gasteiger charge is -2.20. The Morgan fingerprint density at radius 2 is 2.15 bits per heavy atom. The van der Waals surface area contributed by atoms with Gasteiger partial charge in [-0.15, -0.1) is 5.10 Å². The summed E-state index contributed by atoms with van der Waals surface area (Å²) in [6.45, 7) is 7.45. The molecule has 0 bridgehead atoms. The topological polar surface area (TPSA) is 42.7 Å². The lowest BCUT2D eigenvalue weighted by atomic mass is 10.1. The minimum atomic E-state index is 0.187. The van der Waals surface area contributed by atoms with Crippen molar-refractivity contribution in [1.82, 2.24) is 20.3 Å². The first-order valence-electron chi connectivity index (χ1n) is 4.57. The summed E-state index contributed by atoms with van der Waals surface area (Å²) in [5, 5.41) is 11.1. The van der Waals surface area contributed by atoms with E-state index in [-0.39, 0.29) is 5.54 Å². The fourth-order valence-corrected chi connectivity index (χ4v) is 1.10. The van der Waals surface area contributed by atoms with E-state index in [1.165, 1.54) is 0 Å². The molecule has 1 aromatic heterocycles. The Balaban J connectivity index is 2.32. The Hall–Kier alpha value is -0.900. The summed E-state index contributed by atoms with van der Waals surface area (Å²) in [5.41, 5.74) is 1.35. The molecule has 1 heterocycles. The highest BCUT2D eigenvalue weighted by Crippen LogP contribution is 1.99. The molecular formula is C9H18N4. The fourth-order valence-electron chi connectivity index (χ4n) is 1.10. The molecule has 4 heteroatoms. The first kappa shape index (κ1) is 10.2. The van der Waals surface area contributed by atoms with Gasteiger partial charge in [0.15, 0.2) is 0 Å². The second kappa shape index (κ2) is 3.87. The van der Waals surface area contributed by atoms with Crippen LogP contribution in [0.3, 0.4) is 0 Å². The van der Waals surface area contributed by atoms with Crippen molar-refractivity contribution < 1.29 is 0 Å². The van der Waals surface area contributed by atoms with Gasteiger partial charge in [-0.05, 0) is 20.8 Å². The fraction of sp³-hybridized carbons (Fsp3) is 0.778. The highest BCUT2D eigenvalue weighted by Gasteiger charge is 2.08. The van der Waals surface area contributed by atoms with E-state index < -0.39 is 0 Å². The number of aromatic nitrogens is 3. The Bertz CT molecular complexity index is 259. The Morgan fingerprint density at radius 1 is 1.46 bits per heavy atom. The summed E-state index contributed by atoms with van der Waals surface area (Å²) in [7, 11) is 1.92. The van der Waals surface area contributed by atoms with Crippen LogP contribution in [0.2, 0.25) is 0 Å². The van der Waals surface area contributed by atoms with Gasteiger partial charge in [-0.1, -0.05) is 5.21 Å². The van der Waals surface area contributed by atoms with Gasteiger partial charge >= 0.3 is 0 Å². The van der Waals surface area contributed by atoms with Crippen LogP contribution in [0.1, 0.15) is 26.5 Å². The van der Waals surface area contributed by atoms with Crippen LogP contribution in [0, 0.1) is 0 Å². The third-order valence-corrected chi connectivity index (χ3v) is 1.84. The van der Waals surface area contributed by atoms with Gasteiger partial charge in [0.25, 0.3) is 0 Å². The molecule has 0 aliphatic rings. The van der Waals surface area contributed by atoms with E-state index in [9.17, 15) is 0 Å². The van der Waals surface area contributed by atoms with Crippen molar-refractivity contribution in [2.24, 2.45) is 7.05 Å². The van der Waals surface area contributed by atoms with E-state index in [4.69, 9.17) is 0 Å². The monoisotopic (exact) mass is 182 g/mol. The van der Waals surface area contributed by atoms with Crippen molar-refractivity contribution in [3.63, 3.8) is 0 Å². The molecule has 0 amide bonds. The van der Waals surface area contributed by atoms with Gasteiger partial charge in [0, 0.05) is 25.6 Å². The second-order valence-corrected chi connectivity index (χ2v) is 4.28. The van der Waals surface area contributed by atoms with E-state index >= 15 is 0 Å². The number of hydrogen-bond donors (Lipinski definition) is 1. The average molecular weight is 182 g/mol. The lowest BCUT2D eigenvalue weighted by Crippen LogP contribution is -2.37. The lowest BCUT2D eigenvalue weighted by molar-refractivity contribution is 0.426. The van der Waals surface area contributed by atoms with Crippen molar-refractivity contribution in [3.8, 4) is 0 Å². The standard InChI is InChI=1S/C9H18N4/c1-9(2,3)10-6-5-8-7-11-12-13(8)4/h7,10H,5-6H2,1-4H3. The van der Waals surface area contributed by atoms with Crippen LogP contribution < -0.4 is 5.32 Å². The molecule has 4 nitrogen and oxygen atoms in total. The first-order valence-corrected chi connectivity index (χ1v) is 4.57. The van der Waals surface area contributed by atoms with E-state index in [2.05, 4.69) is 36.4 Å². The molecule has 0 unspecified atom stereocenters. The van der Waals surface area contributed by atoms with Gasteiger partial charge < -0.3 is 5.32 Å². The minimum absolute atomic E-state index is 0.187. The summed E-state index contributed by atoms with van der Waals surface area (Å²) >= 11 is 0. The smallest absolute Gasteiger partial charge is 0.0725 e. The van der Waals surface area contributed by atoms with Crippen molar-refractivity contribution >= 4 is 0 Å². The molecule has 13 heavy (non-hydrogen) atoms. The molecule has 0 saturated carbocycles. The number of hydrogen-bond acceptors (Lipinski definition) is 3. The van der Waals surface area contributed by atoms with Crippen LogP contribution in [-0.4, -0.2) is 27.1 Å². The SMILES string of the molecule is Cn1nncc1CCNC(C)(C)C. The molecular weight excluding hydrogens is 164 g/mol. The number of aryl methyl sites for hydroxylation is 1. The maximum atomic E-state index is 3.87. The molecule has 0 fully saturated rings. The predicted molar refractivity (Wildman–Crippen MR) is 52.5 cm³/mol. The molecule has 1 aromatic rings. The van der Waals surface area contributed by atoms with Gasteiger partial charge in [-0.3, -0.25) is 4.68 Å². The van der Waals surface area contributed by atoms with Gasteiger partial charge in [0.1, 0.15) is 0 Å². The van der Waals surface area contributed by atoms with Gasteiger partial charge in [0.05, 0.1) is 11.9 Å². The molecule has 0 spiro atoms. The zero-order valence-electron chi connectivity index (χ0n) is 8.83. The van der Waals surface area contributed by atoms with Crippen LogP contribution >= 0.6 is 0 Å². The summed E-state index contributed by atoms with van der Waals surface area (Å²) in [6.07, 6.45) is 2.78. The quantitative estimate of drug-likeness (QED) is 0.750. The highest BCUT2D eigenvalue weighted by atomic mass is 15.4. The van der Waals surface area contributed by atoms with E-state index in [0.717, 1.165) is 18.7 Å². The molecule has 0 aromatic carbocycles. The van der Waals surface area contributed by atoms with E-state index in [1.54, 1.807) is 0 Å². The Labute approximate surface area is 79.3 Å². The van der Waals surface area contributed by atoms with Crippen molar-refractivity contribution in [2.75, 3.05) is 6.54 Å². The van der Waals surface area contributed by atoms with E-state index in [1.807, 2.05) is 17.9 Å². The van der Waals surface area contributed by atoms with Gasteiger partial charge in [-0.25, -0.2) is 0 Å². The van der Waals surface area contributed by atoms with Crippen LogP contribution in [0.25, 0.3) is 0 Å². The molecule has 1 N–H and O–H groups in total. The zero-order chi connectivity index (χ0) is 9.90. The Morgan fingerprint density at radius 3 is 2.62 bits per heavy atom. The van der Waals surface area contributed by atoms with Crippen LogP contribution in [-0.2, 0) is 13.5 Å². The zero-order valence-corrected chi connectivity index (χ0v) is 8.83. The van der Waals surface area contributed by atoms with Crippen LogP contribution in [0.5, 0.6) is 0 Å². The highest BCUT2D eigenvalue weighted by molar-refractivity contribution is 4.94. The summed E-state index contributed by atoms with van der Waals surface area (Å²) in [4.78, 5) is 0. The molecule has 0 aliphatic carbocycles. The van der Waals surface area contributed by atoms with Gasteiger partial charge in [-0.2, -0.15) is 0 Å². The Kier molecular flexibility index (Phi) is 3.03. The predicted octanol–water partition coefficient (Wildman–Crippen LogP) is 0.746. The second-order valence-electron chi connectivity index (χ2n) is 4.28. The molecule has 0 radical (unpaired) electrons. The summed E-state index contributed by atoms with van der Waals surface area (Å²) in [6, 6.07) is 0. The maximum absolute atomic E-state index is 3.87. The van der Waals surface area contributed by atoms with Crippen molar-refractivity contribution in [3.05, 3.63) is 11.9 Å². The molecule has 1 rings (SSSR count). The van der Waals surface area contributed by atoms with Gasteiger partial charge in [0.2, 0.25) is 0 Å². The third kappa shape index (κ3) is 3.55. The maximum Gasteiger partial charge on any atom is 0.0725 e. The number of nitrogens with zero attached hydrogens (tertiary/aromatic N) is 3. The third-order valence-electron chi connectivity index (χ3n) is 1.84. The first-order chi connectivity index (χ1) is 5.99. The summed E-state index contributed by atoms with van der Waals surface area (Å²) < 4.78 is 1.81. The average Bonchev–Trinajstić information content (AvgIpc) is 2.34. The molecule has 0 saturated heterocycles. The minimum Gasteiger partial charge on any atom is -0.312 e. The summed E-state index contributed by atoms with van der Waals surface area (Å²) in [5.74, 6) is 0. The molecule has 74 valence electrons. The largest absolute Gasteiger partial charge is 0.312 e. The number of nitrogens with one attached hydrogen (secondary N) is 1.